The number of likely N-dealkylation sites (tertiary alicyclic amines) is 1. The molecule has 1 heterocycles. The van der Waals surface area contributed by atoms with Gasteiger partial charge in [0.15, 0.2) is 11.5 Å². The van der Waals surface area contributed by atoms with Crippen LogP contribution in [0.4, 0.5) is 4.79 Å². The van der Waals surface area contributed by atoms with E-state index in [0.717, 1.165) is 12.0 Å². The molecule has 2 amide bonds. The number of rotatable bonds is 6. The first-order chi connectivity index (χ1) is 13.6. The lowest BCUT2D eigenvalue weighted by Gasteiger charge is -2.34. The molecule has 0 atom stereocenters. The number of carbonyl (C=O) groups excluding carboxylic acids is 2. The molecule has 1 saturated heterocycles. The summed E-state index contributed by atoms with van der Waals surface area (Å²) in [6.45, 7) is 7.29. The van der Waals surface area contributed by atoms with E-state index in [0.29, 0.717) is 44.0 Å². The first-order valence-corrected chi connectivity index (χ1v) is 10.1. The van der Waals surface area contributed by atoms with Crippen molar-refractivity contribution in [1.29, 1.82) is 0 Å². The maximum atomic E-state index is 12.8. The van der Waals surface area contributed by atoms with Crippen LogP contribution in [0.1, 0.15) is 39.2 Å². The minimum atomic E-state index is -0.506. The topological polar surface area (TPSA) is 68.3 Å². The second kappa shape index (κ2) is 9.85. The Kier molecular flexibility index (Phi) is 7.76. The molecule has 0 radical (unpaired) electrons. The maximum absolute atomic E-state index is 12.8. The van der Waals surface area contributed by atoms with Gasteiger partial charge in [0.2, 0.25) is 5.91 Å². The van der Waals surface area contributed by atoms with Crippen LogP contribution in [0.5, 0.6) is 11.5 Å². The quantitative estimate of drug-likeness (QED) is 0.725. The number of benzene rings is 1. The first-order valence-electron chi connectivity index (χ1n) is 10.1. The van der Waals surface area contributed by atoms with Gasteiger partial charge in [0, 0.05) is 32.6 Å². The van der Waals surface area contributed by atoms with E-state index in [-0.39, 0.29) is 17.9 Å². The van der Waals surface area contributed by atoms with Crippen LogP contribution in [-0.2, 0) is 16.0 Å². The van der Waals surface area contributed by atoms with E-state index in [4.69, 9.17) is 14.2 Å². The normalized spacial score (nSPS) is 15.0. The van der Waals surface area contributed by atoms with Crippen LogP contribution in [0.2, 0.25) is 0 Å². The van der Waals surface area contributed by atoms with Gasteiger partial charge in [-0.3, -0.25) is 4.79 Å². The highest BCUT2D eigenvalue weighted by Gasteiger charge is 2.31. The van der Waals surface area contributed by atoms with E-state index in [1.807, 2.05) is 46.0 Å². The van der Waals surface area contributed by atoms with Crippen molar-refractivity contribution in [1.82, 2.24) is 9.80 Å². The number of piperidine rings is 1. The smallest absolute Gasteiger partial charge is 0.410 e. The molecule has 0 saturated carbocycles. The molecule has 1 aromatic carbocycles. The van der Waals surface area contributed by atoms with Crippen molar-refractivity contribution in [2.24, 2.45) is 5.92 Å². The van der Waals surface area contributed by atoms with Crippen LogP contribution < -0.4 is 9.47 Å². The molecule has 0 aromatic heterocycles. The fourth-order valence-corrected chi connectivity index (χ4v) is 3.39. The number of methoxy groups -OCH3 is 2. The van der Waals surface area contributed by atoms with Gasteiger partial charge in [0.1, 0.15) is 5.60 Å². The summed E-state index contributed by atoms with van der Waals surface area (Å²) in [6, 6.07) is 5.80. The van der Waals surface area contributed by atoms with Gasteiger partial charge in [-0.2, -0.15) is 0 Å². The van der Waals surface area contributed by atoms with Gasteiger partial charge in [0.05, 0.1) is 14.2 Å². The molecule has 0 bridgehead atoms. The van der Waals surface area contributed by atoms with E-state index in [2.05, 4.69) is 0 Å². The molecule has 29 heavy (non-hydrogen) atoms. The number of likely N-dealkylation sites (N-methyl/N-ethyl adjacent to an activating group) is 1. The van der Waals surface area contributed by atoms with Crippen LogP contribution >= 0.6 is 0 Å². The van der Waals surface area contributed by atoms with Gasteiger partial charge in [-0.05, 0) is 57.7 Å². The van der Waals surface area contributed by atoms with Gasteiger partial charge in [-0.25, -0.2) is 4.79 Å². The molecule has 1 fully saturated rings. The molecule has 1 aliphatic heterocycles. The summed E-state index contributed by atoms with van der Waals surface area (Å²) in [4.78, 5) is 28.4. The number of carbonyl (C=O) groups is 2. The van der Waals surface area contributed by atoms with Gasteiger partial charge in [0.25, 0.3) is 0 Å². The van der Waals surface area contributed by atoms with E-state index in [1.54, 1.807) is 24.0 Å². The minimum absolute atomic E-state index is 0.0518. The summed E-state index contributed by atoms with van der Waals surface area (Å²) in [5.74, 6) is 1.46. The highest BCUT2D eigenvalue weighted by Crippen LogP contribution is 2.28. The zero-order valence-corrected chi connectivity index (χ0v) is 18.5. The van der Waals surface area contributed by atoms with Gasteiger partial charge < -0.3 is 24.0 Å². The van der Waals surface area contributed by atoms with Crippen molar-refractivity contribution in [3.05, 3.63) is 23.8 Å². The predicted octanol–water partition coefficient (Wildman–Crippen LogP) is 3.35. The predicted molar refractivity (Wildman–Crippen MR) is 111 cm³/mol. The molecule has 1 aliphatic rings. The fourth-order valence-electron chi connectivity index (χ4n) is 3.39. The van der Waals surface area contributed by atoms with Gasteiger partial charge >= 0.3 is 6.09 Å². The Bertz CT molecular complexity index is 706. The van der Waals surface area contributed by atoms with Crippen molar-refractivity contribution in [3.63, 3.8) is 0 Å². The Morgan fingerprint density at radius 3 is 2.28 bits per heavy atom. The molecule has 7 heteroatoms. The maximum Gasteiger partial charge on any atom is 0.410 e. The molecular weight excluding hydrogens is 372 g/mol. The Labute approximate surface area is 173 Å². The van der Waals surface area contributed by atoms with Crippen molar-refractivity contribution in [2.45, 2.75) is 45.6 Å². The highest BCUT2D eigenvalue weighted by atomic mass is 16.6. The summed E-state index contributed by atoms with van der Waals surface area (Å²) in [7, 11) is 5.06. The van der Waals surface area contributed by atoms with Crippen LogP contribution in [0.25, 0.3) is 0 Å². The highest BCUT2D eigenvalue weighted by molar-refractivity contribution is 5.79. The fraction of sp³-hybridized carbons (Fsp3) is 0.636. The summed E-state index contributed by atoms with van der Waals surface area (Å²) in [5, 5.41) is 0. The summed E-state index contributed by atoms with van der Waals surface area (Å²) in [6.07, 6.45) is 1.77. The van der Waals surface area contributed by atoms with Crippen molar-refractivity contribution >= 4 is 12.0 Å². The second-order valence-corrected chi connectivity index (χ2v) is 8.44. The number of hydrogen-bond donors (Lipinski definition) is 0. The molecule has 162 valence electrons. The molecule has 0 unspecified atom stereocenters. The third-order valence-electron chi connectivity index (χ3n) is 5.06. The van der Waals surface area contributed by atoms with E-state index >= 15 is 0 Å². The second-order valence-electron chi connectivity index (χ2n) is 8.44. The largest absolute Gasteiger partial charge is 0.493 e. The van der Waals surface area contributed by atoms with Crippen LogP contribution in [-0.4, -0.2) is 68.3 Å². The minimum Gasteiger partial charge on any atom is -0.493 e. The van der Waals surface area contributed by atoms with E-state index in [1.165, 1.54) is 0 Å². The molecule has 1 aromatic rings. The zero-order chi connectivity index (χ0) is 21.6. The lowest BCUT2D eigenvalue weighted by atomic mass is 9.95. The van der Waals surface area contributed by atoms with Gasteiger partial charge in [-0.15, -0.1) is 0 Å². The standard InChI is InChI=1S/C22H34N2O5/c1-22(2,3)29-21(26)24-13-10-17(11-14-24)20(25)23(4)12-9-16-7-8-18(27-5)19(15-16)28-6/h7-8,15,17H,9-14H2,1-6H3. The lowest BCUT2D eigenvalue weighted by Crippen LogP contribution is -2.45. The van der Waals surface area contributed by atoms with E-state index in [9.17, 15) is 9.59 Å². The SMILES string of the molecule is COc1ccc(CCN(C)C(=O)C2CCN(C(=O)OC(C)(C)C)CC2)cc1OC. The van der Waals surface area contributed by atoms with Crippen molar-refractivity contribution < 1.29 is 23.8 Å². The monoisotopic (exact) mass is 406 g/mol. The Morgan fingerprint density at radius 2 is 1.72 bits per heavy atom. The van der Waals surface area contributed by atoms with Crippen LogP contribution in [0, 0.1) is 5.92 Å². The average molecular weight is 407 g/mol. The molecule has 7 nitrogen and oxygen atoms in total. The lowest BCUT2D eigenvalue weighted by molar-refractivity contribution is -0.135. The van der Waals surface area contributed by atoms with Crippen molar-refractivity contribution in [2.75, 3.05) is 40.9 Å². The van der Waals surface area contributed by atoms with Crippen molar-refractivity contribution in [3.8, 4) is 11.5 Å². The first kappa shape index (κ1) is 22.8. The number of nitrogens with zero attached hydrogens (tertiary/aromatic N) is 2. The summed E-state index contributed by atoms with van der Waals surface area (Å²) < 4.78 is 16.0. The van der Waals surface area contributed by atoms with E-state index < -0.39 is 5.60 Å². The Hall–Kier alpha value is -2.44. The summed E-state index contributed by atoms with van der Waals surface area (Å²) in [5.41, 5.74) is 0.579. The Balaban J connectivity index is 1.83. The van der Waals surface area contributed by atoms with Gasteiger partial charge in [-0.1, -0.05) is 6.07 Å². The molecule has 0 aliphatic carbocycles. The molecular formula is C22H34N2O5. The average Bonchev–Trinajstić information content (AvgIpc) is 2.70. The number of amides is 2. The molecule has 2 rings (SSSR count). The Morgan fingerprint density at radius 1 is 1.10 bits per heavy atom. The zero-order valence-electron chi connectivity index (χ0n) is 18.5. The number of hydrogen-bond acceptors (Lipinski definition) is 5. The number of ether oxygens (including phenoxy) is 3. The third kappa shape index (κ3) is 6.54. The molecule has 0 spiro atoms. The van der Waals surface area contributed by atoms with Crippen LogP contribution in [0.3, 0.4) is 0 Å². The third-order valence-corrected chi connectivity index (χ3v) is 5.06. The molecule has 0 N–H and O–H groups in total. The summed E-state index contributed by atoms with van der Waals surface area (Å²) >= 11 is 0. The van der Waals surface area contributed by atoms with Crippen LogP contribution in [0.15, 0.2) is 18.2 Å².